The van der Waals surface area contributed by atoms with E-state index in [1.807, 2.05) is 6.07 Å². The lowest BCUT2D eigenvalue weighted by Crippen LogP contribution is -2.26. The van der Waals surface area contributed by atoms with E-state index in [4.69, 9.17) is 9.47 Å². The van der Waals surface area contributed by atoms with Crippen LogP contribution in [0.3, 0.4) is 0 Å². The van der Waals surface area contributed by atoms with E-state index >= 15 is 0 Å². The third kappa shape index (κ3) is 6.41. The fourth-order valence-corrected chi connectivity index (χ4v) is 1.72. The summed E-state index contributed by atoms with van der Waals surface area (Å²) in [6.45, 7) is 2.64. The Morgan fingerprint density at radius 2 is 1.88 bits per heavy atom. The van der Waals surface area contributed by atoms with Crippen molar-refractivity contribution in [2.75, 3.05) is 33.9 Å². The Morgan fingerprint density at radius 3 is 2.53 bits per heavy atom. The molecule has 1 aromatic carbocycles. The first-order chi connectivity index (χ1) is 8.36. The van der Waals surface area contributed by atoms with Crippen molar-refractivity contribution in [3.05, 3.63) is 35.9 Å². The molecule has 1 atom stereocenters. The molecule has 1 rings (SSSR count). The molecule has 17 heavy (non-hydrogen) atoms. The maximum Gasteiger partial charge on any atom is 0.0816 e. The van der Waals surface area contributed by atoms with Gasteiger partial charge < -0.3 is 14.8 Å². The van der Waals surface area contributed by atoms with Crippen LogP contribution in [0.25, 0.3) is 0 Å². The van der Waals surface area contributed by atoms with E-state index in [2.05, 4.69) is 29.6 Å². The molecule has 0 radical (unpaired) electrons. The van der Waals surface area contributed by atoms with Gasteiger partial charge in [0.25, 0.3) is 0 Å². The number of rotatable bonds is 9. The Morgan fingerprint density at radius 1 is 1.12 bits per heavy atom. The van der Waals surface area contributed by atoms with Gasteiger partial charge in [0.05, 0.1) is 12.7 Å². The van der Waals surface area contributed by atoms with E-state index in [-0.39, 0.29) is 6.10 Å². The quantitative estimate of drug-likeness (QED) is 0.665. The van der Waals surface area contributed by atoms with E-state index in [0.717, 1.165) is 25.9 Å². The van der Waals surface area contributed by atoms with Crippen LogP contribution in [0.5, 0.6) is 0 Å². The Bertz CT molecular complexity index is 277. The minimum absolute atomic E-state index is 0.198. The second-order valence-electron chi connectivity index (χ2n) is 4.09. The van der Waals surface area contributed by atoms with Crippen molar-refractivity contribution in [3.63, 3.8) is 0 Å². The number of methoxy groups -OCH3 is 2. The molecular formula is C14H23NO2. The Balaban J connectivity index is 2.04. The fourth-order valence-electron chi connectivity index (χ4n) is 1.72. The Labute approximate surface area is 104 Å². The second kappa shape index (κ2) is 9.16. The van der Waals surface area contributed by atoms with E-state index in [1.54, 1.807) is 14.2 Å². The molecule has 0 heterocycles. The predicted octanol–water partition coefficient (Wildman–Crippen LogP) is 1.87. The van der Waals surface area contributed by atoms with Crippen molar-refractivity contribution >= 4 is 0 Å². The smallest absolute Gasteiger partial charge is 0.0816 e. The minimum atomic E-state index is 0.198. The number of ether oxygens (including phenoxy) is 2. The van der Waals surface area contributed by atoms with Gasteiger partial charge in [-0.05, 0) is 31.5 Å². The molecule has 0 aromatic heterocycles. The molecule has 0 fully saturated rings. The van der Waals surface area contributed by atoms with Gasteiger partial charge in [-0.2, -0.15) is 0 Å². The molecule has 0 saturated carbocycles. The van der Waals surface area contributed by atoms with Gasteiger partial charge in [0.1, 0.15) is 0 Å². The molecule has 1 N–H and O–H groups in total. The SMILES string of the molecule is COCC(CCNCCc1ccccc1)OC. The summed E-state index contributed by atoms with van der Waals surface area (Å²) in [6, 6.07) is 10.5. The van der Waals surface area contributed by atoms with Gasteiger partial charge in [-0.1, -0.05) is 30.3 Å². The lowest BCUT2D eigenvalue weighted by molar-refractivity contribution is 0.0238. The van der Waals surface area contributed by atoms with Crippen molar-refractivity contribution in [2.45, 2.75) is 18.9 Å². The zero-order valence-electron chi connectivity index (χ0n) is 10.8. The molecule has 0 saturated heterocycles. The third-order valence-electron chi connectivity index (χ3n) is 2.76. The third-order valence-corrected chi connectivity index (χ3v) is 2.76. The molecule has 3 heteroatoms. The maximum absolute atomic E-state index is 5.29. The fraction of sp³-hybridized carbons (Fsp3) is 0.571. The first kappa shape index (κ1) is 14.2. The summed E-state index contributed by atoms with van der Waals surface area (Å²) >= 11 is 0. The van der Waals surface area contributed by atoms with Crippen molar-refractivity contribution in [1.82, 2.24) is 5.32 Å². The molecule has 0 aliphatic carbocycles. The highest BCUT2D eigenvalue weighted by Crippen LogP contribution is 1.99. The number of hydrogen-bond acceptors (Lipinski definition) is 3. The summed E-state index contributed by atoms with van der Waals surface area (Å²) in [5, 5.41) is 3.42. The van der Waals surface area contributed by atoms with Crippen molar-refractivity contribution in [2.24, 2.45) is 0 Å². The summed E-state index contributed by atoms with van der Waals surface area (Å²) in [5.74, 6) is 0. The van der Waals surface area contributed by atoms with Gasteiger partial charge in [0.2, 0.25) is 0 Å². The molecule has 1 unspecified atom stereocenters. The number of hydrogen-bond donors (Lipinski definition) is 1. The van der Waals surface area contributed by atoms with Gasteiger partial charge in [-0.15, -0.1) is 0 Å². The zero-order valence-corrected chi connectivity index (χ0v) is 10.8. The zero-order chi connectivity index (χ0) is 12.3. The predicted molar refractivity (Wildman–Crippen MR) is 70.3 cm³/mol. The highest BCUT2D eigenvalue weighted by molar-refractivity contribution is 5.14. The molecule has 0 amide bonds. The minimum Gasteiger partial charge on any atom is -0.382 e. The Kier molecular flexibility index (Phi) is 7.63. The first-order valence-electron chi connectivity index (χ1n) is 6.13. The normalized spacial score (nSPS) is 12.6. The summed E-state index contributed by atoms with van der Waals surface area (Å²) < 4.78 is 10.4. The molecule has 0 spiro atoms. The van der Waals surface area contributed by atoms with Gasteiger partial charge in [-0.3, -0.25) is 0 Å². The van der Waals surface area contributed by atoms with Gasteiger partial charge in [-0.25, -0.2) is 0 Å². The number of nitrogens with one attached hydrogen (secondary N) is 1. The van der Waals surface area contributed by atoms with Crippen LogP contribution >= 0.6 is 0 Å². The van der Waals surface area contributed by atoms with Crippen LogP contribution in [0.1, 0.15) is 12.0 Å². The topological polar surface area (TPSA) is 30.5 Å². The molecule has 0 bridgehead atoms. The summed E-state index contributed by atoms with van der Waals surface area (Å²) in [6.07, 6.45) is 2.26. The molecule has 0 aliphatic heterocycles. The van der Waals surface area contributed by atoms with E-state index in [1.165, 1.54) is 5.56 Å². The average molecular weight is 237 g/mol. The van der Waals surface area contributed by atoms with Crippen molar-refractivity contribution < 1.29 is 9.47 Å². The van der Waals surface area contributed by atoms with E-state index in [9.17, 15) is 0 Å². The molecular weight excluding hydrogens is 214 g/mol. The second-order valence-corrected chi connectivity index (χ2v) is 4.09. The highest BCUT2D eigenvalue weighted by atomic mass is 16.5. The largest absolute Gasteiger partial charge is 0.382 e. The summed E-state index contributed by atoms with van der Waals surface area (Å²) in [5.41, 5.74) is 1.38. The first-order valence-corrected chi connectivity index (χ1v) is 6.13. The van der Waals surface area contributed by atoms with Crippen LogP contribution < -0.4 is 5.32 Å². The van der Waals surface area contributed by atoms with Gasteiger partial charge in [0.15, 0.2) is 0 Å². The lowest BCUT2D eigenvalue weighted by atomic mass is 10.1. The van der Waals surface area contributed by atoms with Crippen LogP contribution in [0.2, 0.25) is 0 Å². The van der Waals surface area contributed by atoms with Crippen LogP contribution in [-0.2, 0) is 15.9 Å². The standard InChI is InChI=1S/C14H23NO2/c1-16-12-14(17-2)9-11-15-10-8-13-6-4-3-5-7-13/h3-7,14-15H,8-12H2,1-2H3. The van der Waals surface area contributed by atoms with Crippen molar-refractivity contribution in [3.8, 4) is 0 Å². The van der Waals surface area contributed by atoms with Crippen LogP contribution in [0.15, 0.2) is 30.3 Å². The Hall–Kier alpha value is -0.900. The van der Waals surface area contributed by atoms with Crippen LogP contribution in [0.4, 0.5) is 0 Å². The summed E-state index contributed by atoms with van der Waals surface area (Å²) in [4.78, 5) is 0. The van der Waals surface area contributed by atoms with Crippen LogP contribution in [-0.4, -0.2) is 40.0 Å². The lowest BCUT2D eigenvalue weighted by Gasteiger charge is -2.14. The molecule has 0 aliphatic rings. The molecule has 3 nitrogen and oxygen atoms in total. The highest BCUT2D eigenvalue weighted by Gasteiger charge is 2.05. The monoisotopic (exact) mass is 237 g/mol. The van der Waals surface area contributed by atoms with Crippen LogP contribution in [0, 0.1) is 0 Å². The van der Waals surface area contributed by atoms with Crippen molar-refractivity contribution in [1.29, 1.82) is 0 Å². The van der Waals surface area contributed by atoms with E-state index < -0.39 is 0 Å². The molecule has 96 valence electrons. The van der Waals surface area contributed by atoms with Gasteiger partial charge >= 0.3 is 0 Å². The van der Waals surface area contributed by atoms with Gasteiger partial charge in [0, 0.05) is 14.2 Å². The average Bonchev–Trinajstić information content (AvgIpc) is 2.38. The van der Waals surface area contributed by atoms with E-state index in [0.29, 0.717) is 6.61 Å². The summed E-state index contributed by atoms with van der Waals surface area (Å²) in [7, 11) is 3.43. The molecule has 1 aromatic rings. The maximum atomic E-state index is 5.29. The number of benzene rings is 1.